The summed E-state index contributed by atoms with van der Waals surface area (Å²) in [5.74, 6) is 0. The summed E-state index contributed by atoms with van der Waals surface area (Å²) in [6.45, 7) is 0. The molecule has 0 aromatic carbocycles. The predicted octanol–water partition coefficient (Wildman–Crippen LogP) is 1.15. The van der Waals surface area contributed by atoms with Gasteiger partial charge in [0.15, 0.2) is 8.46 Å². The van der Waals surface area contributed by atoms with Gasteiger partial charge in [-0.3, -0.25) is 4.57 Å². The predicted molar refractivity (Wildman–Crippen MR) is 27.1 cm³/mol. The van der Waals surface area contributed by atoms with Crippen molar-refractivity contribution in [2.24, 2.45) is 0 Å². The minimum atomic E-state index is 0.259. The highest BCUT2D eigenvalue weighted by Crippen LogP contribution is 1.91. The van der Waals surface area contributed by atoms with Crippen molar-refractivity contribution in [2.75, 3.05) is 12.3 Å². The fourth-order valence-electron chi connectivity index (χ4n) is 0.0527. The van der Waals surface area contributed by atoms with Crippen LogP contribution in [0.2, 0.25) is 0 Å². The topological polar surface area (TPSA) is 17.1 Å². The minimum absolute atomic E-state index is 0.259. The van der Waals surface area contributed by atoms with Crippen LogP contribution >= 0.6 is 17.7 Å². The monoisotopic (exact) mass is 108 g/mol. The van der Waals surface area contributed by atoms with Gasteiger partial charge in [-0.2, -0.15) is 0 Å². The van der Waals surface area contributed by atoms with Crippen molar-refractivity contribution in [3.8, 4) is 0 Å². The lowest BCUT2D eigenvalue weighted by atomic mass is 11.0. The van der Waals surface area contributed by atoms with Gasteiger partial charge in [0.25, 0.3) is 0 Å². The highest BCUT2D eigenvalue weighted by atomic mass is 31.1. The first kappa shape index (κ1) is 5.53. The molecule has 1 unspecified atom stereocenters. The quantitative estimate of drug-likeness (QED) is 0.485. The normalized spacial score (nSPS) is 9.00. The van der Waals surface area contributed by atoms with Crippen LogP contribution in [0.15, 0.2) is 0 Å². The van der Waals surface area contributed by atoms with Gasteiger partial charge >= 0.3 is 0 Å². The Balaban J connectivity index is 2.40. The number of rotatable bonds is 2. The standard InChI is InChI=1S/C2H6OP2/c3-5-2-1-4/h1-2,4H2. The van der Waals surface area contributed by atoms with E-state index in [9.17, 15) is 4.57 Å². The van der Waals surface area contributed by atoms with Crippen molar-refractivity contribution in [3.05, 3.63) is 0 Å². The molecule has 0 aliphatic rings. The summed E-state index contributed by atoms with van der Waals surface area (Å²) < 4.78 is 9.49. The van der Waals surface area contributed by atoms with E-state index in [1.807, 2.05) is 0 Å². The van der Waals surface area contributed by atoms with Gasteiger partial charge in [-0.15, -0.1) is 9.24 Å². The van der Waals surface area contributed by atoms with Crippen LogP contribution in [0.3, 0.4) is 0 Å². The minimum Gasteiger partial charge on any atom is -0.275 e. The second kappa shape index (κ2) is 4.53. The molecule has 0 aromatic rings. The summed E-state index contributed by atoms with van der Waals surface area (Å²) >= 11 is 0. The molecule has 30 valence electrons. The summed E-state index contributed by atoms with van der Waals surface area (Å²) in [5.41, 5.74) is 0. The average molecular weight is 108 g/mol. The van der Waals surface area contributed by atoms with Crippen LogP contribution in [0, 0.1) is 0 Å². The van der Waals surface area contributed by atoms with Crippen molar-refractivity contribution in [2.45, 2.75) is 0 Å². The Morgan fingerprint density at radius 1 is 1.80 bits per heavy atom. The van der Waals surface area contributed by atoms with E-state index in [1.54, 1.807) is 0 Å². The van der Waals surface area contributed by atoms with Gasteiger partial charge in [0.05, 0.1) is 0 Å². The third-order valence-electron chi connectivity index (χ3n) is 0.220. The van der Waals surface area contributed by atoms with Gasteiger partial charge in [-0.25, -0.2) is 0 Å². The van der Waals surface area contributed by atoms with Crippen molar-refractivity contribution in [3.63, 3.8) is 0 Å². The molecule has 0 bridgehead atoms. The van der Waals surface area contributed by atoms with E-state index in [-0.39, 0.29) is 8.46 Å². The van der Waals surface area contributed by atoms with Gasteiger partial charge < -0.3 is 0 Å². The lowest BCUT2D eigenvalue weighted by molar-refractivity contribution is 0.599. The zero-order chi connectivity index (χ0) is 4.12. The molecule has 0 aromatic heterocycles. The Hall–Kier alpha value is 0.530. The molecule has 1 nitrogen and oxygen atoms in total. The summed E-state index contributed by atoms with van der Waals surface area (Å²) in [6, 6.07) is 0. The maximum atomic E-state index is 9.49. The summed E-state index contributed by atoms with van der Waals surface area (Å²) in [4.78, 5) is 0. The Labute approximate surface area is 35.6 Å². The Morgan fingerprint density at radius 3 is 2.40 bits per heavy atom. The van der Waals surface area contributed by atoms with Gasteiger partial charge in [-0.1, -0.05) is 0 Å². The molecule has 0 radical (unpaired) electrons. The molecule has 0 saturated heterocycles. The Kier molecular flexibility index (Phi) is 5.01. The first-order valence-electron chi connectivity index (χ1n) is 1.41. The summed E-state index contributed by atoms with van der Waals surface area (Å²) in [7, 11) is 2.75. The lowest BCUT2D eigenvalue weighted by Crippen LogP contribution is -1.63. The van der Waals surface area contributed by atoms with Crippen LogP contribution in [-0.4, -0.2) is 12.3 Å². The lowest BCUT2D eigenvalue weighted by Gasteiger charge is -1.67. The van der Waals surface area contributed by atoms with E-state index in [0.717, 1.165) is 12.3 Å². The molecule has 0 saturated carbocycles. The zero-order valence-corrected chi connectivity index (χ0v) is 4.90. The summed E-state index contributed by atoms with van der Waals surface area (Å²) in [6.07, 6.45) is 1.70. The van der Waals surface area contributed by atoms with Crippen LogP contribution in [0.5, 0.6) is 0 Å². The molecule has 0 spiro atoms. The average Bonchev–Trinajstić information content (AvgIpc) is 1.41. The number of hydrogen-bond donors (Lipinski definition) is 0. The Bertz CT molecular complexity index is 28.8. The molecule has 0 aliphatic heterocycles. The fourth-order valence-corrected chi connectivity index (χ4v) is 0.474. The third-order valence-corrected chi connectivity index (χ3v) is 1.44. The molecular weight excluding hydrogens is 102 g/mol. The van der Waals surface area contributed by atoms with Crippen LogP contribution in [-0.2, 0) is 4.57 Å². The van der Waals surface area contributed by atoms with Crippen LogP contribution in [0.1, 0.15) is 0 Å². The van der Waals surface area contributed by atoms with E-state index in [0.29, 0.717) is 0 Å². The molecule has 0 fully saturated rings. The molecular formula is C2H6OP2. The maximum Gasteiger partial charge on any atom is 0.155 e. The van der Waals surface area contributed by atoms with Gasteiger partial charge in [0.2, 0.25) is 0 Å². The highest BCUT2D eigenvalue weighted by Gasteiger charge is 1.68. The zero-order valence-electron chi connectivity index (χ0n) is 2.85. The second-order valence-corrected chi connectivity index (χ2v) is 1.92. The van der Waals surface area contributed by atoms with E-state index in [1.165, 1.54) is 0 Å². The second-order valence-electron chi connectivity index (χ2n) is 0.641. The highest BCUT2D eigenvalue weighted by molar-refractivity contribution is 7.26. The molecule has 0 heterocycles. The summed E-state index contributed by atoms with van der Waals surface area (Å²) in [5, 5.41) is 0. The van der Waals surface area contributed by atoms with Gasteiger partial charge in [0, 0.05) is 6.16 Å². The molecule has 0 rings (SSSR count). The van der Waals surface area contributed by atoms with Gasteiger partial charge in [-0.05, 0) is 6.16 Å². The van der Waals surface area contributed by atoms with E-state index < -0.39 is 0 Å². The van der Waals surface area contributed by atoms with Crippen molar-refractivity contribution >= 4 is 17.7 Å². The third kappa shape index (κ3) is 4.53. The van der Waals surface area contributed by atoms with Gasteiger partial charge in [0.1, 0.15) is 0 Å². The van der Waals surface area contributed by atoms with Crippen molar-refractivity contribution < 1.29 is 4.57 Å². The maximum absolute atomic E-state index is 9.49. The molecule has 0 amide bonds. The van der Waals surface area contributed by atoms with Crippen LogP contribution in [0.4, 0.5) is 0 Å². The smallest absolute Gasteiger partial charge is 0.155 e. The molecule has 1 atom stereocenters. The number of hydrogen-bond acceptors (Lipinski definition) is 1. The first-order chi connectivity index (χ1) is 2.41. The molecule has 3 heteroatoms. The van der Waals surface area contributed by atoms with Crippen LogP contribution < -0.4 is 0 Å². The van der Waals surface area contributed by atoms with E-state index >= 15 is 0 Å². The van der Waals surface area contributed by atoms with Crippen LogP contribution in [0.25, 0.3) is 0 Å². The van der Waals surface area contributed by atoms with E-state index in [4.69, 9.17) is 0 Å². The first-order valence-corrected chi connectivity index (χ1v) is 3.22. The van der Waals surface area contributed by atoms with E-state index in [2.05, 4.69) is 9.24 Å². The molecule has 5 heavy (non-hydrogen) atoms. The SMILES string of the molecule is O=PCCP. The largest absolute Gasteiger partial charge is 0.275 e. The van der Waals surface area contributed by atoms with Crippen molar-refractivity contribution in [1.82, 2.24) is 0 Å². The Morgan fingerprint density at radius 2 is 2.40 bits per heavy atom. The molecule has 0 aliphatic carbocycles. The molecule has 0 N–H and O–H groups in total. The van der Waals surface area contributed by atoms with Crippen molar-refractivity contribution in [1.29, 1.82) is 0 Å². The fraction of sp³-hybridized carbons (Fsp3) is 1.00.